The first-order valence-electron chi connectivity index (χ1n) is 13.4. The molecule has 2 nitrogen and oxygen atoms in total. The molecule has 2 aliphatic rings. The zero-order valence-electron chi connectivity index (χ0n) is 23.5. The van der Waals surface area contributed by atoms with E-state index in [4.69, 9.17) is 17.1 Å². The van der Waals surface area contributed by atoms with Crippen LogP contribution in [0.2, 0.25) is 0 Å². The van der Waals surface area contributed by atoms with Gasteiger partial charge in [0.15, 0.2) is 0 Å². The summed E-state index contributed by atoms with van der Waals surface area (Å²) in [6.07, 6.45) is 2.61. The van der Waals surface area contributed by atoms with Crippen LogP contribution in [-0.4, -0.2) is 10.7 Å². The highest BCUT2D eigenvalue weighted by molar-refractivity contribution is 5.54. The van der Waals surface area contributed by atoms with Gasteiger partial charge in [-0.25, -0.2) is 0 Å². The SMILES string of the molecule is [2H]C([2H])([2H])C1=CC2c3c(O)cc(CCc4ccccc4)cc3OC(C([2H])([2H])[2H])(C([2H])([2H])[2H])C2CC1. The zero-order chi connectivity index (χ0) is 25.8. The van der Waals surface area contributed by atoms with Crippen LogP contribution in [0.15, 0.2) is 54.1 Å². The lowest BCUT2D eigenvalue weighted by atomic mass is 9.68. The molecule has 136 valence electrons. The minimum Gasteiger partial charge on any atom is -0.507 e. The molecule has 0 saturated heterocycles. The highest BCUT2D eigenvalue weighted by Crippen LogP contribution is 2.53. The van der Waals surface area contributed by atoms with E-state index in [-0.39, 0.29) is 35.5 Å². The zero-order valence-corrected chi connectivity index (χ0v) is 14.5. The Hall–Kier alpha value is -2.22. The lowest BCUT2D eigenvalue weighted by molar-refractivity contribution is 0.0107. The summed E-state index contributed by atoms with van der Waals surface area (Å²) in [4.78, 5) is 0. The first-order valence-corrected chi connectivity index (χ1v) is 8.95. The van der Waals surface area contributed by atoms with Gasteiger partial charge in [0.05, 0.1) is 0 Å². The maximum Gasteiger partial charge on any atom is 0.127 e. The molecular weight excluding hydrogens is 320 g/mol. The number of aryl methyl sites for hydroxylation is 2. The van der Waals surface area contributed by atoms with Crippen molar-refractivity contribution in [2.75, 3.05) is 0 Å². The summed E-state index contributed by atoms with van der Waals surface area (Å²) in [6, 6.07) is 12.8. The number of allylic oxidation sites excluding steroid dienone is 2. The third kappa shape index (κ3) is 3.13. The van der Waals surface area contributed by atoms with Crippen molar-refractivity contribution in [2.45, 2.75) is 57.8 Å². The van der Waals surface area contributed by atoms with Gasteiger partial charge in [-0.3, -0.25) is 0 Å². The number of fused-ring (bicyclic) bond motifs is 3. The lowest BCUT2D eigenvalue weighted by Gasteiger charge is -2.46. The van der Waals surface area contributed by atoms with E-state index >= 15 is 0 Å². The summed E-state index contributed by atoms with van der Waals surface area (Å²) in [5, 5.41) is 11.0. The van der Waals surface area contributed by atoms with E-state index in [1.165, 1.54) is 6.08 Å². The van der Waals surface area contributed by atoms with Crippen molar-refractivity contribution in [1.29, 1.82) is 0 Å². The van der Waals surface area contributed by atoms with E-state index in [1.54, 1.807) is 12.1 Å². The number of rotatable bonds is 3. The second-order valence-corrected chi connectivity index (χ2v) is 7.21. The number of ether oxygens (including phenoxy) is 1. The van der Waals surface area contributed by atoms with Gasteiger partial charge in [0.25, 0.3) is 0 Å². The molecule has 2 aromatic carbocycles. The van der Waals surface area contributed by atoms with Crippen LogP contribution in [0, 0.1) is 5.92 Å². The summed E-state index contributed by atoms with van der Waals surface area (Å²) < 4.78 is 78.8. The Morgan fingerprint density at radius 3 is 2.73 bits per heavy atom. The molecule has 0 saturated carbocycles. The van der Waals surface area contributed by atoms with Crippen molar-refractivity contribution in [2.24, 2.45) is 5.92 Å². The van der Waals surface area contributed by atoms with Crippen LogP contribution >= 0.6 is 0 Å². The summed E-state index contributed by atoms with van der Waals surface area (Å²) >= 11 is 0. The van der Waals surface area contributed by atoms with Gasteiger partial charge >= 0.3 is 0 Å². The van der Waals surface area contributed by atoms with Crippen molar-refractivity contribution < 1.29 is 22.2 Å². The molecule has 1 aliphatic carbocycles. The molecule has 0 bridgehead atoms. The smallest absolute Gasteiger partial charge is 0.127 e. The Balaban J connectivity index is 1.86. The Kier molecular flexibility index (Phi) is 2.41. The Bertz CT molecular complexity index is 1100. The lowest BCUT2D eigenvalue weighted by Crippen LogP contribution is -2.45. The molecular formula is C24H28O2. The van der Waals surface area contributed by atoms with Gasteiger partial charge in [0.1, 0.15) is 17.1 Å². The van der Waals surface area contributed by atoms with Crippen LogP contribution in [0.4, 0.5) is 0 Å². The predicted molar refractivity (Wildman–Crippen MR) is 106 cm³/mol. The number of phenols is 1. The third-order valence-corrected chi connectivity index (χ3v) is 5.39. The third-order valence-electron chi connectivity index (χ3n) is 5.39. The van der Waals surface area contributed by atoms with E-state index in [9.17, 15) is 5.11 Å². The number of phenolic OH excluding ortho intramolecular Hbond substituents is 1. The molecule has 1 aliphatic heterocycles. The quantitative estimate of drug-likeness (QED) is 0.705. The van der Waals surface area contributed by atoms with Gasteiger partial charge in [0, 0.05) is 29.7 Å². The van der Waals surface area contributed by atoms with Crippen LogP contribution in [-0.2, 0) is 12.8 Å². The van der Waals surface area contributed by atoms with E-state index < -0.39 is 38.0 Å². The maximum atomic E-state index is 11.0. The van der Waals surface area contributed by atoms with Crippen LogP contribution < -0.4 is 4.74 Å². The van der Waals surface area contributed by atoms with Crippen LogP contribution in [0.5, 0.6) is 11.5 Å². The van der Waals surface area contributed by atoms with Crippen molar-refractivity contribution in [3.05, 3.63) is 70.8 Å². The monoisotopic (exact) mass is 357 g/mol. The van der Waals surface area contributed by atoms with Crippen molar-refractivity contribution in [3.8, 4) is 11.5 Å². The van der Waals surface area contributed by atoms with Gasteiger partial charge in [-0.15, -0.1) is 0 Å². The number of hydrogen-bond donors (Lipinski definition) is 1. The first-order chi connectivity index (χ1) is 16.1. The average molecular weight is 358 g/mol. The Labute approximate surface area is 169 Å². The normalized spacial score (nSPS) is 30.0. The summed E-state index contributed by atoms with van der Waals surface area (Å²) in [5.41, 5.74) is -0.445. The van der Waals surface area contributed by atoms with Gasteiger partial charge in [0.2, 0.25) is 0 Å². The Morgan fingerprint density at radius 2 is 1.96 bits per heavy atom. The molecule has 4 rings (SSSR count). The molecule has 26 heavy (non-hydrogen) atoms. The molecule has 2 atom stereocenters. The minimum absolute atomic E-state index is 0.000306. The molecule has 1 heterocycles. The van der Waals surface area contributed by atoms with Crippen LogP contribution in [0.3, 0.4) is 0 Å². The molecule has 1 N–H and O–H groups in total. The van der Waals surface area contributed by atoms with Crippen molar-refractivity contribution in [1.82, 2.24) is 0 Å². The fraction of sp³-hybridized carbons (Fsp3) is 0.417. The standard InChI is InChI=1S/C24H28O2/c1-16-9-12-20-19(13-16)23-21(25)14-18(15-22(23)26-24(20,2)3)11-10-17-7-5-4-6-8-17/h4-8,13-15,19-20,25H,9-12H2,1-3H3/i1D3,2D3,3D3. The molecule has 0 amide bonds. The minimum atomic E-state index is -3.03. The summed E-state index contributed by atoms with van der Waals surface area (Å²) in [5.74, 6) is -2.17. The number of benzene rings is 2. The van der Waals surface area contributed by atoms with E-state index in [0.717, 1.165) is 5.56 Å². The van der Waals surface area contributed by atoms with Gasteiger partial charge in [-0.2, -0.15) is 0 Å². The topological polar surface area (TPSA) is 29.5 Å². The highest BCUT2D eigenvalue weighted by Gasteiger charge is 2.45. The number of aromatic hydroxyl groups is 1. The molecule has 0 spiro atoms. The van der Waals surface area contributed by atoms with Crippen molar-refractivity contribution in [3.63, 3.8) is 0 Å². The van der Waals surface area contributed by atoms with E-state index in [1.807, 2.05) is 30.3 Å². The van der Waals surface area contributed by atoms with Gasteiger partial charge in [-0.05, 0) is 69.5 Å². The summed E-state index contributed by atoms with van der Waals surface area (Å²) in [6.45, 7) is -8.46. The molecule has 0 fully saturated rings. The van der Waals surface area contributed by atoms with E-state index in [0.29, 0.717) is 18.4 Å². The van der Waals surface area contributed by atoms with Crippen molar-refractivity contribution >= 4 is 0 Å². The molecule has 0 aromatic heterocycles. The highest BCUT2D eigenvalue weighted by atomic mass is 16.5. The van der Waals surface area contributed by atoms with Crippen LogP contribution in [0.25, 0.3) is 0 Å². The largest absolute Gasteiger partial charge is 0.507 e. The van der Waals surface area contributed by atoms with Gasteiger partial charge < -0.3 is 9.84 Å². The average Bonchev–Trinajstić information content (AvgIpc) is 2.75. The Morgan fingerprint density at radius 1 is 1.15 bits per heavy atom. The van der Waals surface area contributed by atoms with E-state index in [2.05, 4.69) is 0 Å². The number of hydrogen-bond acceptors (Lipinski definition) is 2. The second kappa shape index (κ2) is 6.50. The molecule has 0 radical (unpaired) electrons. The molecule has 2 heteroatoms. The molecule has 2 unspecified atom stereocenters. The summed E-state index contributed by atoms with van der Waals surface area (Å²) in [7, 11) is 0. The first kappa shape index (κ1) is 9.64. The fourth-order valence-corrected chi connectivity index (χ4v) is 4.06. The fourth-order valence-electron chi connectivity index (χ4n) is 4.06. The molecule has 2 aromatic rings. The second-order valence-electron chi connectivity index (χ2n) is 7.21. The predicted octanol–water partition coefficient (Wildman–Crippen LogP) is 5.79. The maximum absolute atomic E-state index is 11.0. The van der Waals surface area contributed by atoms with Gasteiger partial charge in [-0.1, -0.05) is 42.0 Å². The van der Waals surface area contributed by atoms with Crippen LogP contribution in [0.1, 0.15) is 68.3 Å².